The van der Waals surface area contributed by atoms with E-state index >= 15 is 0 Å². The van der Waals surface area contributed by atoms with Gasteiger partial charge in [-0.05, 0) is 36.8 Å². The number of hydrogen-bond donors (Lipinski definition) is 1. The largest absolute Gasteiger partial charge is 0.461 e. The molecular weight excluding hydrogens is 274 g/mol. The molecular formula is C15H15NO3S. The molecule has 0 aliphatic rings. The molecule has 0 fully saturated rings. The summed E-state index contributed by atoms with van der Waals surface area (Å²) in [7, 11) is 0. The lowest BCUT2D eigenvalue weighted by atomic mass is 10.1. The van der Waals surface area contributed by atoms with Crippen LogP contribution in [0.15, 0.2) is 42.6 Å². The summed E-state index contributed by atoms with van der Waals surface area (Å²) in [6.07, 6.45) is 1.82. The maximum atomic E-state index is 11.8. The molecule has 0 amide bonds. The first-order chi connectivity index (χ1) is 9.58. The third kappa shape index (κ3) is 3.51. The van der Waals surface area contributed by atoms with Crippen LogP contribution in [0.5, 0.6) is 0 Å². The predicted octanol–water partition coefficient (Wildman–Crippen LogP) is 3.16. The number of ether oxygens (including phenoxy) is 1. The lowest BCUT2D eigenvalue weighted by Gasteiger charge is -2.04. The zero-order valence-corrected chi connectivity index (χ0v) is 12.0. The quantitative estimate of drug-likeness (QED) is 0.522. The zero-order chi connectivity index (χ0) is 14.5. The fraction of sp³-hybridized carbons (Fsp3) is 0.200. The maximum Gasteiger partial charge on any atom is 0.338 e. The molecule has 1 N–H and O–H groups in total. The van der Waals surface area contributed by atoms with Gasteiger partial charge in [0, 0.05) is 22.9 Å². The molecule has 0 unspecified atom stereocenters. The summed E-state index contributed by atoms with van der Waals surface area (Å²) in [5.74, 6) is 0.0561. The Morgan fingerprint density at radius 1 is 1.35 bits per heavy atom. The van der Waals surface area contributed by atoms with Gasteiger partial charge in [0.2, 0.25) is 5.12 Å². The SMILES string of the molecule is C=C(C)C(=O)SCCOC(=O)c1ccc2[nH]ccc2c1. The molecule has 1 aromatic heterocycles. The van der Waals surface area contributed by atoms with E-state index in [2.05, 4.69) is 11.6 Å². The first-order valence-electron chi connectivity index (χ1n) is 6.15. The summed E-state index contributed by atoms with van der Waals surface area (Å²) in [5, 5.41) is 0.890. The molecule has 2 rings (SSSR count). The van der Waals surface area contributed by atoms with E-state index in [4.69, 9.17) is 4.74 Å². The Balaban J connectivity index is 1.85. The van der Waals surface area contributed by atoms with Gasteiger partial charge in [-0.15, -0.1) is 0 Å². The van der Waals surface area contributed by atoms with Crippen LogP contribution < -0.4 is 0 Å². The van der Waals surface area contributed by atoms with Crippen LogP contribution in [-0.2, 0) is 9.53 Å². The highest BCUT2D eigenvalue weighted by atomic mass is 32.2. The van der Waals surface area contributed by atoms with Gasteiger partial charge < -0.3 is 9.72 Å². The Bertz CT molecular complexity index is 660. The van der Waals surface area contributed by atoms with Crippen molar-refractivity contribution >= 4 is 33.7 Å². The Morgan fingerprint density at radius 2 is 2.15 bits per heavy atom. The first kappa shape index (κ1) is 14.4. The van der Waals surface area contributed by atoms with E-state index in [0.29, 0.717) is 16.9 Å². The van der Waals surface area contributed by atoms with Crippen LogP contribution in [0.3, 0.4) is 0 Å². The van der Waals surface area contributed by atoms with Crippen LogP contribution in [0.1, 0.15) is 17.3 Å². The molecule has 5 heteroatoms. The molecule has 0 spiro atoms. The normalized spacial score (nSPS) is 10.4. The highest BCUT2D eigenvalue weighted by Crippen LogP contribution is 2.15. The van der Waals surface area contributed by atoms with Crippen molar-refractivity contribution in [3.8, 4) is 0 Å². The number of carbonyl (C=O) groups is 2. The molecule has 0 aliphatic carbocycles. The van der Waals surface area contributed by atoms with Crippen LogP contribution in [0.4, 0.5) is 0 Å². The Labute approximate surface area is 121 Å². The summed E-state index contributed by atoms with van der Waals surface area (Å²) >= 11 is 1.10. The summed E-state index contributed by atoms with van der Waals surface area (Å²) in [5.41, 5.74) is 1.98. The number of hydrogen-bond acceptors (Lipinski definition) is 4. The average molecular weight is 289 g/mol. The molecule has 0 atom stereocenters. The van der Waals surface area contributed by atoms with Crippen molar-refractivity contribution < 1.29 is 14.3 Å². The van der Waals surface area contributed by atoms with Crippen LogP contribution in [0.25, 0.3) is 10.9 Å². The topological polar surface area (TPSA) is 59.2 Å². The van der Waals surface area contributed by atoms with Gasteiger partial charge in [0.25, 0.3) is 0 Å². The molecule has 2 aromatic rings. The smallest absolute Gasteiger partial charge is 0.338 e. The third-order valence-electron chi connectivity index (χ3n) is 2.69. The van der Waals surface area contributed by atoms with Crippen molar-refractivity contribution in [2.45, 2.75) is 6.92 Å². The Hall–Kier alpha value is -2.01. The number of aromatic nitrogens is 1. The van der Waals surface area contributed by atoms with Crippen LogP contribution in [0.2, 0.25) is 0 Å². The van der Waals surface area contributed by atoms with Crippen molar-refractivity contribution in [2.24, 2.45) is 0 Å². The third-order valence-corrected chi connectivity index (χ3v) is 3.67. The Morgan fingerprint density at radius 3 is 2.90 bits per heavy atom. The second-order valence-corrected chi connectivity index (χ2v) is 5.40. The summed E-state index contributed by atoms with van der Waals surface area (Å²) < 4.78 is 5.13. The van der Waals surface area contributed by atoms with Gasteiger partial charge >= 0.3 is 5.97 Å². The number of benzene rings is 1. The molecule has 0 radical (unpaired) electrons. The average Bonchev–Trinajstić information content (AvgIpc) is 2.90. The van der Waals surface area contributed by atoms with Gasteiger partial charge in [0.15, 0.2) is 0 Å². The second-order valence-electron chi connectivity index (χ2n) is 4.33. The molecule has 0 saturated carbocycles. The number of aromatic amines is 1. The van der Waals surface area contributed by atoms with Gasteiger partial charge in [-0.2, -0.15) is 0 Å². The minimum absolute atomic E-state index is 0.0743. The van der Waals surface area contributed by atoms with E-state index in [-0.39, 0.29) is 17.7 Å². The van der Waals surface area contributed by atoms with E-state index in [0.717, 1.165) is 22.7 Å². The molecule has 1 aromatic carbocycles. The molecule has 104 valence electrons. The number of nitrogens with one attached hydrogen (secondary N) is 1. The van der Waals surface area contributed by atoms with Gasteiger partial charge in [-0.3, -0.25) is 4.79 Å². The van der Waals surface area contributed by atoms with E-state index in [1.54, 1.807) is 19.1 Å². The number of rotatable bonds is 5. The van der Waals surface area contributed by atoms with Crippen LogP contribution >= 0.6 is 11.8 Å². The number of carbonyl (C=O) groups excluding carboxylic acids is 2. The van der Waals surface area contributed by atoms with Crippen molar-refractivity contribution in [1.82, 2.24) is 4.98 Å². The molecule has 4 nitrogen and oxygen atoms in total. The van der Waals surface area contributed by atoms with E-state index < -0.39 is 0 Å². The molecule has 20 heavy (non-hydrogen) atoms. The molecule has 1 heterocycles. The van der Waals surface area contributed by atoms with Crippen molar-refractivity contribution in [3.05, 3.63) is 48.2 Å². The van der Waals surface area contributed by atoms with Gasteiger partial charge in [0.05, 0.1) is 5.56 Å². The van der Waals surface area contributed by atoms with Crippen molar-refractivity contribution in [1.29, 1.82) is 0 Å². The second kappa shape index (κ2) is 6.43. The summed E-state index contributed by atoms with van der Waals surface area (Å²) in [6, 6.07) is 7.23. The van der Waals surface area contributed by atoms with Crippen molar-refractivity contribution in [3.63, 3.8) is 0 Å². The number of thioether (sulfide) groups is 1. The number of fused-ring (bicyclic) bond motifs is 1. The minimum Gasteiger partial charge on any atom is -0.461 e. The van der Waals surface area contributed by atoms with Crippen LogP contribution in [-0.4, -0.2) is 28.4 Å². The zero-order valence-electron chi connectivity index (χ0n) is 11.1. The van der Waals surface area contributed by atoms with Gasteiger partial charge in [-0.25, -0.2) is 4.79 Å². The monoisotopic (exact) mass is 289 g/mol. The fourth-order valence-electron chi connectivity index (χ4n) is 1.66. The van der Waals surface area contributed by atoms with E-state index in [9.17, 15) is 9.59 Å². The number of H-pyrrole nitrogens is 1. The summed E-state index contributed by atoms with van der Waals surface area (Å²) in [6.45, 7) is 5.42. The number of esters is 1. The van der Waals surface area contributed by atoms with Crippen LogP contribution in [0, 0.1) is 0 Å². The minimum atomic E-state index is -0.378. The standard InChI is InChI=1S/C15H15NO3S/c1-10(2)15(18)20-8-7-19-14(17)12-3-4-13-11(9-12)5-6-16-13/h3-6,9,16H,1,7-8H2,2H3. The molecule has 0 bridgehead atoms. The van der Waals surface area contributed by atoms with Crippen molar-refractivity contribution in [2.75, 3.05) is 12.4 Å². The highest BCUT2D eigenvalue weighted by molar-refractivity contribution is 8.14. The highest BCUT2D eigenvalue weighted by Gasteiger charge is 2.09. The maximum absolute atomic E-state index is 11.8. The lowest BCUT2D eigenvalue weighted by Crippen LogP contribution is -2.08. The molecule has 0 aliphatic heterocycles. The molecule has 0 saturated heterocycles. The summed E-state index contributed by atoms with van der Waals surface area (Å²) in [4.78, 5) is 26.2. The first-order valence-corrected chi connectivity index (χ1v) is 7.13. The van der Waals surface area contributed by atoms with Gasteiger partial charge in [-0.1, -0.05) is 18.3 Å². The lowest BCUT2D eigenvalue weighted by molar-refractivity contribution is -0.107. The van der Waals surface area contributed by atoms with Gasteiger partial charge in [0.1, 0.15) is 6.61 Å². The fourth-order valence-corrected chi connectivity index (χ4v) is 2.25. The van der Waals surface area contributed by atoms with E-state index in [1.807, 2.05) is 18.3 Å². The predicted molar refractivity (Wildman–Crippen MR) is 80.9 cm³/mol. The Kier molecular flexibility index (Phi) is 4.63. The van der Waals surface area contributed by atoms with E-state index in [1.165, 1.54) is 0 Å².